The molecule has 2 atom stereocenters. The third kappa shape index (κ3) is 2.97. The lowest BCUT2D eigenvalue weighted by Crippen LogP contribution is -2.42. The van der Waals surface area contributed by atoms with Gasteiger partial charge in [-0.25, -0.2) is 0 Å². The first-order chi connectivity index (χ1) is 11.4. The van der Waals surface area contributed by atoms with E-state index in [9.17, 15) is 4.79 Å². The lowest BCUT2D eigenvalue weighted by molar-refractivity contribution is -0.134. The largest absolute Gasteiger partial charge is 0.340 e. The molecular formula is C18H27N5O. The third-order valence-corrected chi connectivity index (χ3v) is 5.18. The number of hydrogen-bond donors (Lipinski definition) is 0. The number of likely N-dealkylation sites (tertiary alicyclic amines) is 1. The summed E-state index contributed by atoms with van der Waals surface area (Å²) in [7, 11) is 1.93. The van der Waals surface area contributed by atoms with Crippen molar-refractivity contribution in [2.45, 2.75) is 52.5 Å². The molecule has 1 aliphatic rings. The van der Waals surface area contributed by atoms with Gasteiger partial charge < -0.3 is 4.90 Å². The second-order valence-electron chi connectivity index (χ2n) is 7.01. The van der Waals surface area contributed by atoms with Gasteiger partial charge in [0.25, 0.3) is 0 Å². The molecular weight excluding hydrogens is 302 g/mol. The summed E-state index contributed by atoms with van der Waals surface area (Å²) in [6.07, 6.45) is 6.04. The van der Waals surface area contributed by atoms with Crippen molar-refractivity contribution in [3.05, 3.63) is 34.9 Å². The molecule has 0 spiro atoms. The molecule has 3 rings (SSSR count). The van der Waals surface area contributed by atoms with Crippen LogP contribution in [0.15, 0.2) is 12.4 Å². The molecule has 0 aromatic carbocycles. The van der Waals surface area contributed by atoms with Gasteiger partial charge in [0.05, 0.1) is 23.9 Å². The number of carbonyl (C=O) groups excluding carboxylic acids is 1. The maximum absolute atomic E-state index is 13.1. The molecule has 2 aromatic heterocycles. The molecule has 0 bridgehead atoms. The molecule has 1 saturated heterocycles. The summed E-state index contributed by atoms with van der Waals surface area (Å²) in [4.78, 5) is 15.1. The molecule has 0 saturated carbocycles. The highest BCUT2D eigenvalue weighted by molar-refractivity contribution is 5.84. The van der Waals surface area contributed by atoms with E-state index in [4.69, 9.17) is 0 Å². The average molecular weight is 329 g/mol. The van der Waals surface area contributed by atoms with Crippen molar-refractivity contribution in [1.82, 2.24) is 24.5 Å². The normalized spacial score (nSPS) is 19.5. The molecule has 1 fully saturated rings. The van der Waals surface area contributed by atoms with Gasteiger partial charge in [0.15, 0.2) is 0 Å². The van der Waals surface area contributed by atoms with E-state index >= 15 is 0 Å². The van der Waals surface area contributed by atoms with Gasteiger partial charge in [-0.1, -0.05) is 0 Å². The Bertz CT molecular complexity index is 745. The van der Waals surface area contributed by atoms with Crippen LogP contribution in [0.4, 0.5) is 0 Å². The van der Waals surface area contributed by atoms with E-state index in [1.54, 1.807) is 0 Å². The quantitative estimate of drug-likeness (QED) is 0.869. The van der Waals surface area contributed by atoms with Crippen LogP contribution in [0.3, 0.4) is 0 Å². The molecule has 130 valence electrons. The molecule has 1 amide bonds. The van der Waals surface area contributed by atoms with E-state index in [1.807, 2.05) is 55.2 Å². The molecule has 0 aliphatic carbocycles. The number of hydrogen-bond acceptors (Lipinski definition) is 3. The maximum Gasteiger partial charge on any atom is 0.230 e. The molecule has 6 heteroatoms. The molecule has 3 heterocycles. The maximum atomic E-state index is 13.1. The summed E-state index contributed by atoms with van der Waals surface area (Å²) in [5, 5.41) is 8.89. The molecule has 1 aliphatic heterocycles. The Morgan fingerprint density at radius 2 is 2.08 bits per heavy atom. The number of aryl methyl sites for hydroxylation is 3. The fourth-order valence-electron chi connectivity index (χ4n) is 3.82. The molecule has 0 N–H and O–H groups in total. The minimum absolute atomic E-state index is 0.156. The van der Waals surface area contributed by atoms with Crippen molar-refractivity contribution in [3.63, 3.8) is 0 Å². The Morgan fingerprint density at radius 1 is 1.33 bits per heavy atom. The van der Waals surface area contributed by atoms with Crippen LogP contribution in [-0.2, 0) is 11.8 Å². The van der Waals surface area contributed by atoms with Gasteiger partial charge in [0.2, 0.25) is 5.91 Å². The summed E-state index contributed by atoms with van der Waals surface area (Å²) >= 11 is 0. The highest BCUT2D eigenvalue weighted by atomic mass is 16.2. The van der Waals surface area contributed by atoms with Crippen LogP contribution in [0.1, 0.15) is 54.2 Å². The first-order valence-corrected chi connectivity index (χ1v) is 8.68. The summed E-state index contributed by atoms with van der Waals surface area (Å²) in [6.45, 7) is 9.63. The van der Waals surface area contributed by atoms with E-state index in [0.717, 1.165) is 48.4 Å². The third-order valence-electron chi connectivity index (χ3n) is 5.18. The van der Waals surface area contributed by atoms with E-state index in [-0.39, 0.29) is 17.9 Å². The van der Waals surface area contributed by atoms with Gasteiger partial charge in [-0.2, -0.15) is 10.2 Å². The van der Waals surface area contributed by atoms with Crippen LogP contribution in [0.25, 0.3) is 0 Å². The fraction of sp³-hybridized carbons (Fsp3) is 0.611. The number of rotatable bonds is 3. The van der Waals surface area contributed by atoms with Crippen LogP contribution in [0, 0.1) is 20.8 Å². The number of amides is 1. The zero-order valence-corrected chi connectivity index (χ0v) is 15.3. The van der Waals surface area contributed by atoms with Crippen LogP contribution >= 0.6 is 0 Å². The predicted octanol–water partition coefficient (Wildman–Crippen LogP) is 2.51. The first kappa shape index (κ1) is 16.7. The Morgan fingerprint density at radius 3 is 2.67 bits per heavy atom. The van der Waals surface area contributed by atoms with Gasteiger partial charge in [-0.15, -0.1) is 0 Å². The minimum atomic E-state index is -0.156. The van der Waals surface area contributed by atoms with E-state index < -0.39 is 0 Å². The van der Waals surface area contributed by atoms with E-state index in [0.29, 0.717) is 0 Å². The summed E-state index contributed by atoms with van der Waals surface area (Å²) in [6, 6.07) is 0.277. The molecule has 2 aromatic rings. The van der Waals surface area contributed by atoms with E-state index in [2.05, 4.69) is 16.4 Å². The van der Waals surface area contributed by atoms with Crippen LogP contribution < -0.4 is 0 Å². The zero-order chi connectivity index (χ0) is 17.4. The van der Waals surface area contributed by atoms with Gasteiger partial charge in [-0.3, -0.25) is 14.2 Å². The van der Waals surface area contributed by atoms with Crippen LogP contribution in [-0.4, -0.2) is 43.5 Å². The minimum Gasteiger partial charge on any atom is -0.340 e. The highest BCUT2D eigenvalue weighted by Gasteiger charge is 2.30. The standard InChI is InChI=1S/C18H27N5O/c1-12-9-19-23(10-12)16-7-6-8-22(11-16)18(24)13(2)17-14(3)20-21(5)15(17)4/h9-10,13,16H,6-8,11H2,1-5H3. The van der Waals surface area contributed by atoms with Crippen molar-refractivity contribution in [2.24, 2.45) is 7.05 Å². The van der Waals surface area contributed by atoms with Crippen molar-refractivity contribution < 1.29 is 4.79 Å². The van der Waals surface area contributed by atoms with Crippen LogP contribution in [0.2, 0.25) is 0 Å². The molecule has 0 radical (unpaired) electrons. The van der Waals surface area contributed by atoms with Crippen LogP contribution in [0.5, 0.6) is 0 Å². The number of aromatic nitrogens is 4. The zero-order valence-electron chi connectivity index (χ0n) is 15.3. The lowest BCUT2D eigenvalue weighted by Gasteiger charge is -2.34. The first-order valence-electron chi connectivity index (χ1n) is 8.68. The van der Waals surface area contributed by atoms with Crippen molar-refractivity contribution in [3.8, 4) is 0 Å². The Balaban J connectivity index is 1.76. The molecule has 6 nitrogen and oxygen atoms in total. The smallest absolute Gasteiger partial charge is 0.230 e. The van der Waals surface area contributed by atoms with E-state index in [1.165, 1.54) is 0 Å². The topological polar surface area (TPSA) is 56.0 Å². The summed E-state index contributed by atoms with van der Waals surface area (Å²) in [5.41, 5.74) is 4.25. The predicted molar refractivity (Wildman–Crippen MR) is 92.9 cm³/mol. The molecule has 24 heavy (non-hydrogen) atoms. The summed E-state index contributed by atoms with van der Waals surface area (Å²) in [5.74, 6) is 0.0413. The van der Waals surface area contributed by atoms with Crippen molar-refractivity contribution >= 4 is 5.91 Å². The second-order valence-corrected chi connectivity index (χ2v) is 7.01. The lowest BCUT2D eigenvalue weighted by atomic mass is 9.96. The monoisotopic (exact) mass is 329 g/mol. The number of nitrogens with zero attached hydrogens (tertiary/aromatic N) is 5. The Hall–Kier alpha value is -2.11. The van der Waals surface area contributed by atoms with Gasteiger partial charge in [0, 0.05) is 37.6 Å². The van der Waals surface area contributed by atoms with Crippen molar-refractivity contribution in [1.29, 1.82) is 0 Å². The van der Waals surface area contributed by atoms with Gasteiger partial charge in [0.1, 0.15) is 0 Å². The summed E-state index contributed by atoms with van der Waals surface area (Å²) < 4.78 is 3.87. The van der Waals surface area contributed by atoms with Gasteiger partial charge >= 0.3 is 0 Å². The Labute approximate surface area is 143 Å². The molecule has 2 unspecified atom stereocenters. The highest BCUT2D eigenvalue weighted by Crippen LogP contribution is 2.28. The average Bonchev–Trinajstić information content (AvgIpc) is 3.10. The fourth-order valence-corrected chi connectivity index (χ4v) is 3.82. The second kappa shape index (κ2) is 6.42. The number of piperidine rings is 1. The van der Waals surface area contributed by atoms with Gasteiger partial charge in [-0.05, 0) is 46.1 Å². The van der Waals surface area contributed by atoms with Crippen molar-refractivity contribution in [2.75, 3.05) is 13.1 Å². The Kier molecular flexibility index (Phi) is 4.47. The number of carbonyl (C=O) groups is 1. The SMILES string of the molecule is Cc1cnn(C2CCCN(C(=O)C(C)c3c(C)nn(C)c3C)C2)c1.